The van der Waals surface area contributed by atoms with Crippen LogP contribution in [0.15, 0.2) is 36.7 Å². The Morgan fingerprint density at radius 1 is 1.00 bits per heavy atom. The lowest BCUT2D eigenvalue weighted by molar-refractivity contribution is 0.413. The summed E-state index contributed by atoms with van der Waals surface area (Å²) in [4.78, 5) is 13.4. The third kappa shape index (κ3) is 3.20. The lowest BCUT2D eigenvalue weighted by Gasteiger charge is -2.36. The molecule has 0 atom stereocenters. The van der Waals surface area contributed by atoms with Gasteiger partial charge in [0, 0.05) is 42.1 Å². The highest BCUT2D eigenvalue weighted by Gasteiger charge is 2.20. The number of benzene rings is 1. The van der Waals surface area contributed by atoms with Gasteiger partial charge < -0.3 is 14.5 Å². The monoisotopic (exact) mass is 396 g/mol. The van der Waals surface area contributed by atoms with E-state index in [1.807, 2.05) is 30.6 Å². The molecule has 6 heteroatoms. The molecule has 110 valence electrons. The second kappa shape index (κ2) is 6.46. The number of aromatic nitrogens is 2. The molecule has 0 amide bonds. The zero-order valence-electron chi connectivity index (χ0n) is 11.9. The van der Waals surface area contributed by atoms with E-state index < -0.39 is 0 Å². The number of anilines is 2. The van der Waals surface area contributed by atoms with Gasteiger partial charge in [0.05, 0.1) is 12.8 Å². The first-order valence-electron chi connectivity index (χ1n) is 6.88. The van der Waals surface area contributed by atoms with Gasteiger partial charge in [0.2, 0.25) is 5.95 Å². The Morgan fingerprint density at radius 3 is 2.29 bits per heavy atom. The molecule has 0 aliphatic carbocycles. The summed E-state index contributed by atoms with van der Waals surface area (Å²) in [6, 6.07) is 8.16. The molecule has 2 heterocycles. The second-order valence-electron chi connectivity index (χ2n) is 4.85. The van der Waals surface area contributed by atoms with Crippen molar-refractivity contribution < 1.29 is 4.74 Å². The van der Waals surface area contributed by atoms with Crippen molar-refractivity contribution in [3.63, 3.8) is 0 Å². The summed E-state index contributed by atoms with van der Waals surface area (Å²) in [5, 5.41) is 0. The normalized spacial score (nSPS) is 15.1. The number of ether oxygens (including phenoxy) is 1. The molecule has 1 aliphatic heterocycles. The standard InChI is InChI=1S/C15H17IN4O/c1-21-14-5-3-2-4-13(14)19-6-8-20(9-7-19)15-17-10-12(16)11-18-15/h2-5,10-11H,6-9H2,1H3. The molecule has 21 heavy (non-hydrogen) atoms. The minimum atomic E-state index is 0.815. The summed E-state index contributed by atoms with van der Waals surface area (Å²) in [5.41, 5.74) is 1.16. The lowest BCUT2D eigenvalue weighted by Crippen LogP contribution is -2.47. The molecule has 1 saturated heterocycles. The van der Waals surface area contributed by atoms with Gasteiger partial charge in [0.25, 0.3) is 0 Å². The average Bonchev–Trinajstić information content (AvgIpc) is 2.56. The van der Waals surface area contributed by atoms with Gasteiger partial charge in [0.15, 0.2) is 0 Å². The molecule has 3 rings (SSSR count). The first-order valence-corrected chi connectivity index (χ1v) is 7.96. The summed E-state index contributed by atoms with van der Waals surface area (Å²) in [6.45, 7) is 3.71. The van der Waals surface area contributed by atoms with Crippen molar-refractivity contribution >= 4 is 34.2 Å². The second-order valence-corrected chi connectivity index (χ2v) is 6.09. The van der Waals surface area contributed by atoms with Crippen LogP contribution in [-0.2, 0) is 0 Å². The molecule has 2 aromatic rings. The molecule has 0 radical (unpaired) electrons. The number of para-hydroxylation sites is 2. The third-order valence-electron chi connectivity index (χ3n) is 3.60. The number of nitrogens with zero attached hydrogens (tertiary/aromatic N) is 4. The van der Waals surface area contributed by atoms with Gasteiger partial charge in [-0.1, -0.05) is 12.1 Å². The maximum absolute atomic E-state index is 5.44. The molecule has 0 bridgehead atoms. The van der Waals surface area contributed by atoms with Gasteiger partial charge in [-0.2, -0.15) is 0 Å². The van der Waals surface area contributed by atoms with Gasteiger partial charge in [-0.25, -0.2) is 9.97 Å². The Labute approximate surface area is 138 Å². The van der Waals surface area contributed by atoms with Gasteiger partial charge in [0.1, 0.15) is 5.75 Å². The van der Waals surface area contributed by atoms with Gasteiger partial charge in [-0.05, 0) is 34.7 Å². The van der Waals surface area contributed by atoms with E-state index >= 15 is 0 Å². The predicted octanol–water partition coefficient (Wildman–Crippen LogP) is 2.42. The maximum Gasteiger partial charge on any atom is 0.225 e. The van der Waals surface area contributed by atoms with Gasteiger partial charge in [-0.15, -0.1) is 0 Å². The van der Waals surface area contributed by atoms with E-state index in [2.05, 4.69) is 48.4 Å². The Balaban J connectivity index is 1.69. The molecule has 1 aromatic carbocycles. The number of rotatable bonds is 3. The molecule has 0 spiro atoms. The fourth-order valence-corrected chi connectivity index (χ4v) is 2.79. The van der Waals surface area contributed by atoms with Crippen molar-refractivity contribution in [2.75, 3.05) is 43.1 Å². The summed E-state index contributed by atoms with van der Waals surface area (Å²) in [5.74, 6) is 1.74. The van der Waals surface area contributed by atoms with Crippen LogP contribution in [0.4, 0.5) is 11.6 Å². The minimum absolute atomic E-state index is 0.815. The quantitative estimate of drug-likeness (QED) is 0.746. The minimum Gasteiger partial charge on any atom is -0.495 e. The van der Waals surface area contributed by atoms with Crippen LogP contribution >= 0.6 is 22.6 Å². The van der Waals surface area contributed by atoms with Crippen molar-refractivity contribution in [2.24, 2.45) is 0 Å². The van der Waals surface area contributed by atoms with Crippen LogP contribution in [-0.4, -0.2) is 43.3 Å². The van der Waals surface area contributed by atoms with E-state index in [9.17, 15) is 0 Å². The van der Waals surface area contributed by atoms with E-state index in [1.165, 1.54) is 0 Å². The van der Waals surface area contributed by atoms with Crippen LogP contribution in [0.5, 0.6) is 5.75 Å². The molecule has 0 unspecified atom stereocenters. The molecule has 1 aliphatic rings. The first kappa shape index (κ1) is 14.4. The Bertz CT molecular complexity index is 597. The van der Waals surface area contributed by atoms with Gasteiger partial charge in [-0.3, -0.25) is 0 Å². The zero-order valence-corrected chi connectivity index (χ0v) is 14.0. The molecule has 1 fully saturated rings. The van der Waals surface area contributed by atoms with Crippen LogP contribution < -0.4 is 14.5 Å². The Hall–Kier alpha value is -1.57. The van der Waals surface area contributed by atoms with E-state index in [4.69, 9.17) is 4.74 Å². The van der Waals surface area contributed by atoms with Crippen molar-refractivity contribution in [3.05, 3.63) is 40.2 Å². The van der Waals surface area contributed by atoms with E-state index in [1.54, 1.807) is 7.11 Å². The highest BCUT2D eigenvalue weighted by atomic mass is 127. The predicted molar refractivity (Wildman–Crippen MR) is 92.2 cm³/mol. The number of piperazine rings is 1. The Kier molecular flexibility index (Phi) is 4.42. The van der Waals surface area contributed by atoms with Crippen molar-refractivity contribution in [3.8, 4) is 5.75 Å². The molecular weight excluding hydrogens is 379 g/mol. The van der Waals surface area contributed by atoms with Gasteiger partial charge >= 0.3 is 0 Å². The van der Waals surface area contributed by atoms with Crippen molar-refractivity contribution in [2.45, 2.75) is 0 Å². The molecule has 1 aromatic heterocycles. The average molecular weight is 396 g/mol. The SMILES string of the molecule is COc1ccccc1N1CCN(c2ncc(I)cn2)CC1. The van der Waals surface area contributed by atoms with Crippen molar-refractivity contribution in [1.82, 2.24) is 9.97 Å². The van der Waals surface area contributed by atoms with E-state index in [0.29, 0.717) is 0 Å². The Morgan fingerprint density at radius 2 is 1.62 bits per heavy atom. The number of methoxy groups -OCH3 is 1. The van der Waals surface area contributed by atoms with Crippen LogP contribution in [0.3, 0.4) is 0 Å². The number of hydrogen-bond donors (Lipinski definition) is 0. The first-order chi connectivity index (χ1) is 10.3. The summed E-state index contributed by atoms with van der Waals surface area (Å²) < 4.78 is 6.50. The van der Waals surface area contributed by atoms with Crippen LogP contribution in [0.25, 0.3) is 0 Å². The van der Waals surface area contributed by atoms with Crippen molar-refractivity contribution in [1.29, 1.82) is 0 Å². The maximum atomic E-state index is 5.44. The zero-order chi connectivity index (χ0) is 14.7. The van der Waals surface area contributed by atoms with Crippen LogP contribution in [0, 0.1) is 3.57 Å². The summed E-state index contributed by atoms with van der Waals surface area (Å²) >= 11 is 2.22. The number of halogens is 1. The molecule has 5 nitrogen and oxygen atoms in total. The summed E-state index contributed by atoms with van der Waals surface area (Å²) in [7, 11) is 1.72. The lowest BCUT2D eigenvalue weighted by atomic mass is 10.2. The third-order valence-corrected chi connectivity index (χ3v) is 4.15. The largest absolute Gasteiger partial charge is 0.495 e. The van der Waals surface area contributed by atoms with E-state index in [0.717, 1.165) is 47.1 Å². The highest BCUT2D eigenvalue weighted by molar-refractivity contribution is 14.1. The van der Waals surface area contributed by atoms with Crippen LogP contribution in [0.1, 0.15) is 0 Å². The van der Waals surface area contributed by atoms with E-state index in [-0.39, 0.29) is 0 Å². The number of hydrogen-bond acceptors (Lipinski definition) is 5. The highest BCUT2D eigenvalue weighted by Crippen LogP contribution is 2.28. The fourth-order valence-electron chi connectivity index (χ4n) is 2.51. The smallest absolute Gasteiger partial charge is 0.225 e. The fraction of sp³-hybridized carbons (Fsp3) is 0.333. The molecule has 0 saturated carbocycles. The molecular formula is C15H17IN4O. The topological polar surface area (TPSA) is 41.5 Å². The van der Waals surface area contributed by atoms with Crippen LogP contribution in [0.2, 0.25) is 0 Å². The summed E-state index contributed by atoms with van der Waals surface area (Å²) in [6.07, 6.45) is 3.71. The molecule has 0 N–H and O–H groups in total.